The lowest BCUT2D eigenvalue weighted by Gasteiger charge is -2.30. The standard InChI is InChI=1S/C15H16FN3O4/c16-12-5-3-10(13(8-12)19(22)23)4-6-14(20)18-7-1-2-11(9-18)15(17)21/h3-6,8,11H,1-2,7,9H2,(H2,17,21)/b6-4+/t11-/m1/s1. The van der Waals surface area contributed by atoms with Crippen LogP contribution in [0.25, 0.3) is 6.08 Å². The van der Waals surface area contributed by atoms with Crippen molar-refractivity contribution in [2.45, 2.75) is 12.8 Å². The molecule has 1 aromatic carbocycles. The van der Waals surface area contributed by atoms with Crippen LogP contribution in [0.4, 0.5) is 10.1 Å². The topological polar surface area (TPSA) is 107 Å². The molecule has 0 saturated carbocycles. The van der Waals surface area contributed by atoms with E-state index in [1.165, 1.54) is 23.1 Å². The number of hydrogen-bond acceptors (Lipinski definition) is 4. The quantitative estimate of drug-likeness (QED) is 0.515. The van der Waals surface area contributed by atoms with Gasteiger partial charge in [0.2, 0.25) is 11.8 Å². The van der Waals surface area contributed by atoms with Gasteiger partial charge in [0.25, 0.3) is 5.69 Å². The van der Waals surface area contributed by atoms with Gasteiger partial charge in [0.05, 0.1) is 22.5 Å². The van der Waals surface area contributed by atoms with Crippen LogP contribution >= 0.6 is 0 Å². The molecule has 0 bridgehead atoms. The molecule has 0 aliphatic carbocycles. The predicted molar refractivity (Wildman–Crippen MR) is 80.6 cm³/mol. The molecule has 0 radical (unpaired) electrons. The van der Waals surface area contributed by atoms with Gasteiger partial charge in [0.15, 0.2) is 0 Å². The van der Waals surface area contributed by atoms with E-state index < -0.39 is 22.3 Å². The highest BCUT2D eigenvalue weighted by Gasteiger charge is 2.26. The number of rotatable bonds is 4. The first-order chi connectivity index (χ1) is 10.9. The lowest BCUT2D eigenvalue weighted by atomic mass is 9.97. The number of carbonyl (C=O) groups excluding carboxylic acids is 2. The second-order valence-corrected chi connectivity index (χ2v) is 5.32. The third kappa shape index (κ3) is 4.12. The van der Waals surface area contributed by atoms with Crippen molar-refractivity contribution in [3.05, 3.63) is 45.8 Å². The number of nitrogens with two attached hydrogens (primary N) is 1. The van der Waals surface area contributed by atoms with Gasteiger partial charge >= 0.3 is 0 Å². The zero-order valence-corrected chi connectivity index (χ0v) is 12.3. The van der Waals surface area contributed by atoms with Crippen molar-refractivity contribution in [1.29, 1.82) is 0 Å². The number of nitro benzene ring substituents is 1. The lowest BCUT2D eigenvalue weighted by molar-refractivity contribution is -0.385. The summed E-state index contributed by atoms with van der Waals surface area (Å²) in [5.74, 6) is -1.91. The molecule has 0 aromatic heterocycles. The van der Waals surface area contributed by atoms with E-state index in [0.717, 1.165) is 12.1 Å². The minimum absolute atomic E-state index is 0.133. The summed E-state index contributed by atoms with van der Waals surface area (Å²) in [6.45, 7) is 0.739. The zero-order valence-electron chi connectivity index (χ0n) is 12.3. The maximum absolute atomic E-state index is 13.1. The molecule has 2 N–H and O–H groups in total. The maximum atomic E-state index is 13.1. The molecule has 1 aliphatic rings. The van der Waals surface area contributed by atoms with Crippen LogP contribution in [-0.4, -0.2) is 34.7 Å². The number of piperidine rings is 1. The number of primary amides is 1. The summed E-state index contributed by atoms with van der Waals surface area (Å²) in [6.07, 6.45) is 3.77. The second kappa shape index (κ2) is 6.99. The normalized spacial score (nSPS) is 18.1. The Balaban J connectivity index is 2.12. The Kier molecular flexibility index (Phi) is 5.05. The highest BCUT2D eigenvalue weighted by Crippen LogP contribution is 2.22. The van der Waals surface area contributed by atoms with Crippen LogP contribution < -0.4 is 5.73 Å². The van der Waals surface area contributed by atoms with Crippen LogP contribution in [0, 0.1) is 21.8 Å². The largest absolute Gasteiger partial charge is 0.369 e. The number of hydrogen-bond donors (Lipinski definition) is 1. The first-order valence-electron chi connectivity index (χ1n) is 7.08. The minimum atomic E-state index is -0.722. The van der Waals surface area contributed by atoms with Gasteiger partial charge in [0.1, 0.15) is 5.82 Å². The van der Waals surface area contributed by atoms with Gasteiger partial charge in [-0.05, 0) is 31.1 Å². The Morgan fingerprint density at radius 3 is 2.83 bits per heavy atom. The highest BCUT2D eigenvalue weighted by atomic mass is 19.1. The molecule has 1 atom stereocenters. The summed E-state index contributed by atoms with van der Waals surface area (Å²) in [5.41, 5.74) is 4.97. The molecule has 8 heteroatoms. The summed E-state index contributed by atoms with van der Waals surface area (Å²) >= 11 is 0. The monoisotopic (exact) mass is 321 g/mol. The van der Waals surface area contributed by atoms with E-state index in [2.05, 4.69) is 0 Å². The number of halogens is 1. The summed E-state index contributed by atoms with van der Waals surface area (Å²) in [7, 11) is 0. The molecule has 1 aliphatic heterocycles. The SMILES string of the molecule is NC(=O)[C@@H]1CCCN(C(=O)/C=C/c2ccc(F)cc2[N+](=O)[O-])C1. The van der Waals surface area contributed by atoms with E-state index >= 15 is 0 Å². The van der Waals surface area contributed by atoms with Gasteiger partial charge < -0.3 is 10.6 Å². The average molecular weight is 321 g/mol. The first-order valence-corrected chi connectivity index (χ1v) is 7.08. The van der Waals surface area contributed by atoms with Gasteiger partial charge in [0, 0.05) is 19.2 Å². The third-order valence-electron chi connectivity index (χ3n) is 3.73. The molecule has 1 fully saturated rings. The molecular formula is C15H16FN3O4. The van der Waals surface area contributed by atoms with E-state index in [9.17, 15) is 24.1 Å². The van der Waals surface area contributed by atoms with E-state index in [1.807, 2.05) is 0 Å². The van der Waals surface area contributed by atoms with Crippen molar-refractivity contribution in [3.8, 4) is 0 Å². The van der Waals surface area contributed by atoms with Crippen molar-refractivity contribution in [1.82, 2.24) is 4.90 Å². The smallest absolute Gasteiger partial charge is 0.279 e. The molecule has 1 saturated heterocycles. The van der Waals surface area contributed by atoms with Crippen molar-refractivity contribution < 1.29 is 18.9 Å². The number of nitrogens with zero attached hydrogens (tertiary/aromatic N) is 2. The predicted octanol–water partition coefficient (Wildman–Crippen LogP) is 1.47. The maximum Gasteiger partial charge on any atom is 0.279 e. The van der Waals surface area contributed by atoms with Crippen molar-refractivity contribution in [2.75, 3.05) is 13.1 Å². The van der Waals surface area contributed by atoms with Crippen molar-refractivity contribution in [3.63, 3.8) is 0 Å². The number of nitro groups is 1. The Bertz CT molecular complexity index is 675. The van der Waals surface area contributed by atoms with E-state index in [4.69, 9.17) is 5.73 Å². The van der Waals surface area contributed by atoms with E-state index in [1.54, 1.807) is 0 Å². The fourth-order valence-electron chi connectivity index (χ4n) is 2.49. The lowest BCUT2D eigenvalue weighted by Crippen LogP contribution is -2.43. The molecule has 122 valence electrons. The Hall–Kier alpha value is -2.77. The third-order valence-corrected chi connectivity index (χ3v) is 3.73. The van der Waals surface area contributed by atoms with Crippen molar-refractivity contribution in [2.24, 2.45) is 11.7 Å². The van der Waals surface area contributed by atoms with Crippen LogP contribution in [0.3, 0.4) is 0 Å². The molecule has 2 amide bonds. The summed E-state index contributed by atoms with van der Waals surface area (Å²) < 4.78 is 13.1. The molecule has 23 heavy (non-hydrogen) atoms. The molecule has 0 unspecified atom stereocenters. The molecule has 0 spiro atoms. The molecule has 1 aromatic rings. The summed E-state index contributed by atoms with van der Waals surface area (Å²) in [6, 6.07) is 3.12. The van der Waals surface area contributed by atoms with Crippen LogP contribution in [0.5, 0.6) is 0 Å². The molecule has 7 nitrogen and oxygen atoms in total. The van der Waals surface area contributed by atoms with Gasteiger partial charge in [-0.3, -0.25) is 19.7 Å². The Morgan fingerprint density at radius 1 is 1.43 bits per heavy atom. The number of amides is 2. The summed E-state index contributed by atoms with van der Waals surface area (Å²) in [5, 5.41) is 10.9. The van der Waals surface area contributed by atoms with Gasteiger partial charge in [-0.25, -0.2) is 4.39 Å². The van der Waals surface area contributed by atoms with Gasteiger partial charge in [-0.1, -0.05) is 0 Å². The number of benzene rings is 1. The highest BCUT2D eigenvalue weighted by molar-refractivity contribution is 5.93. The number of likely N-dealkylation sites (tertiary alicyclic amines) is 1. The second-order valence-electron chi connectivity index (χ2n) is 5.32. The van der Waals surface area contributed by atoms with E-state index in [0.29, 0.717) is 19.4 Å². The Morgan fingerprint density at radius 2 is 2.17 bits per heavy atom. The number of carbonyl (C=O) groups is 2. The van der Waals surface area contributed by atoms with Crippen molar-refractivity contribution >= 4 is 23.6 Å². The minimum Gasteiger partial charge on any atom is -0.369 e. The zero-order chi connectivity index (χ0) is 17.0. The molecule has 1 heterocycles. The molecular weight excluding hydrogens is 305 g/mol. The fraction of sp³-hybridized carbons (Fsp3) is 0.333. The summed E-state index contributed by atoms with van der Waals surface area (Å²) in [4.78, 5) is 35.0. The van der Waals surface area contributed by atoms with E-state index in [-0.39, 0.29) is 23.9 Å². The van der Waals surface area contributed by atoms with Crippen LogP contribution in [0.2, 0.25) is 0 Å². The molecule has 2 rings (SSSR count). The van der Waals surface area contributed by atoms with Crippen LogP contribution in [0.1, 0.15) is 18.4 Å². The van der Waals surface area contributed by atoms with Gasteiger partial charge in [-0.15, -0.1) is 0 Å². The van der Waals surface area contributed by atoms with Gasteiger partial charge in [-0.2, -0.15) is 0 Å². The Labute approximate surface area is 131 Å². The van der Waals surface area contributed by atoms with Crippen LogP contribution in [-0.2, 0) is 9.59 Å². The first kappa shape index (κ1) is 16.6. The van der Waals surface area contributed by atoms with Crippen LogP contribution in [0.15, 0.2) is 24.3 Å². The average Bonchev–Trinajstić information content (AvgIpc) is 2.53. The fourth-order valence-corrected chi connectivity index (χ4v) is 2.49.